The van der Waals surface area contributed by atoms with E-state index in [-0.39, 0.29) is 5.75 Å². The van der Waals surface area contributed by atoms with Crippen molar-refractivity contribution in [3.8, 4) is 11.1 Å². The van der Waals surface area contributed by atoms with Gasteiger partial charge in [-0.25, -0.2) is 8.42 Å². The van der Waals surface area contributed by atoms with Crippen molar-refractivity contribution in [1.82, 2.24) is 0 Å². The highest BCUT2D eigenvalue weighted by molar-refractivity contribution is 7.94. The second-order valence-electron chi connectivity index (χ2n) is 5.28. The van der Waals surface area contributed by atoms with Crippen LogP contribution in [0.2, 0.25) is 0 Å². The minimum atomic E-state index is -3.59. The second kappa shape index (κ2) is 6.41. The maximum Gasteiger partial charge on any atom is 0.172 e. The monoisotopic (exact) mass is 338 g/mol. The third-order valence-electron chi connectivity index (χ3n) is 3.81. The summed E-state index contributed by atoms with van der Waals surface area (Å²) in [4.78, 5) is 0. The molecule has 0 aliphatic heterocycles. The van der Waals surface area contributed by atoms with Crippen LogP contribution in [0.25, 0.3) is 11.1 Å². The molecule has 0 saturated heterocycles. The van der Waals surface area contributed by atoms with Crippen LogP contribution in [0.3, 0.4) is 0 Å². The molecule has 2 aromatic carbocycles. The number of aliphatic hydroxyl groups is 1. The van der Waals surface area contributed by atoms with Crippen molar-refractivity contribution in [3.05, 3.63) is 60.2 Å². The fourth-order valence-electron chi connectivity index (χ4n) is 2.24. The lowest BCUT2D eigenvalue weighted by Crippen LogP contribution is -2.37. The molecule has 0 aliphatic rings. The van der Waals surface area contributed by atoms with Crippen molar-refractivity contribution in [2.45, 2.75) is 24.2 Å². The van der Waals surface area contributed by atoms with Crippen LogP contribution in [0.1, 0.15) is 25.5 Å². The summed E-state index contributed by atoms with van der Waals surface area (Å²) in [5, 5.41) is 10.4. The average molecular weight is 339 g/mol. The molecule has 5 heteroatoms. The van der Waals surface area contributed by atoms with E-state index in [1.54, 1.807) is 12.1 Å². The van der Waals surface area contributed by atoms with E-state index < -0.39 is 20.1 Å². The molecule has 0 radical (unpaired) electrons. The number of sulfone groups is 1. The molecular weight excluding hydrogens is 320 g/mol. The van der Waals surface area contributed by atoms with Gasteiger partial charge in [0.05, 0.1) is 0 Å². The summed E-state index contributed by atoms with van der Waals surface area (Å²) in [5.74, 6) is -0.119. The summed E-state index contributed by atoms with van der Waals surface area (Å²) in [7, 11) is -3.59. The third kappa shape index (κ3) is 3.19. The van der Waals surface area contributed by atoms with Gasteiger partial charge in [0.25, 0.3) is 0 Å². The lowest BCUT2D eigenvalue weighted by molar-refractivity contribution is 0.162. The van der Waals surface area contributed by atoms with Gasteiger partial charge in [0.15, 0.2) is 14.0 Å². The van der Waals surface area contributed by atoms with Crippen molar-refractivity contribution in [1.29, 1.82) is 0 Å². The molecule has 2 aromatic rings. The van der Waals surface area contributed by atoms with Crippen LogP contribution in [0.5, 0.6) is 0 Å². The van der Waals surface area contributed by atoms with Gasteiger partial charge in [0.2, 0.25) is 0 Å². The Morgan fingerprint density at radius 3 is 2.05 bits per heavy atom. The topological polar surface area (TPSA) is 54.4 Å². The SMILES string of the molecule is CCS(=O)(=O)[C@](C)(Cl)[C@H](O)c1ccc(-c2ccccc2)cc1. The number of hydrogen-bond acceptors (Lipinski definition) is 3. The van der Waals surface area contributed by atoms with Crippen molar-refractivity contribution < 1.29 is 13.5 Å². The number of halogens is 1. The third-order valence-corrected chi connectivity index (χ3v) is 6.92. The van der Waals surface area contributed by atoms with Crippen LogP contribution >= 0.6 is 11.6 Å². The molecule has 0 bridgehead atoms. The number of alkyl halides is 1. The summed E-state index contributed by atoms with van der Waals surface area (Å²) >= 11 is 6.13. The average Bonchev–Trinajstić information content (AvgIpc) is 2.55. The molecule has 0 unspecified atom stereocenters. The molecule has 0 saturated carbocycles. The molecule has 0 aromatic heterocycles. The van der Waals surface area contributed by atoms with E-state index in [0.717, 1.165) is 11.1 Å². The van der Waals surface area contributed by atoms with Crippen LogP contribution in [0.15, 0.2) is 54.6 Å². The van der Waals surface area contributed by atoms with Crippen molar-refractivity contribution >= 4 is 21.4 Å². The van der Waals surface area contributed by atoms with Crippen molar-refractivity contribution in [2.75, 3.05) is 5.75 Å². The summed E-state index contributed by atoms with van der Waals surface area (Å²) < 4.78 is 22.3. The largest absolute Gasteiger partial charge is 0.385 e. The van der Waals surface area contributed by atoms with Gasteiger partial charge in [0.1, 0.15) is 6.10 Å². The van der Waals surface area contributed by atoms with Crippen molar-refractivity contribution in [3.63, 3.8) is 0 Å². The van der Waals surface area contributed by atoms with Gasteiger partial charge in [-0.2, -0.15) is 0 Å². The highest BCUT2D eigenvalue weighted by atomic mass is 35.5. The minimum Gasteiger partial charge on any atom is -0.385 e. The highest BCUT2D eigenvalue weighted by Crippen LogP contribution is 2.37. The quantitative estimate of drug-likeness (QED) is 0.844. The van der Waals surface area contributed by atoms with E-state index in [4.69, 9.17) is 11.6 Å². The molecule has 118 valence electrons. The molecule has 0 fully saturated rings. The first-order valence-corrected chi connectivity index (χ1v) is 9.07. The van der Waals surface area contributed by atoms with E-state index in [1.807, 2.05) is 42.5 Å². The molecule has 0 amide bonds. The van der Waals surface area contributed by atoms with Crippen LogP contribution in [-0.2, 0) is 9.84 Å². The Labute approximate surface area is 136 Å². The first kappa shape index (κ1) is 17.0. The lowest BCUT2D eigenvalue weighted by Gasteiger charge is -2.27. The second-order valence-corrected chi connectivity index (χ2v) is 8.94. The lowest BCUT2D eigenvalue weighted by atomic mass is 10.0. The summed E-state index contributed by atoms with van der Waals surface area (Å²) in [5.41, 5.74) is 2.53. The predicted octanol–water partition coefficient (Wildman–Crippen LogP) is 3.78. The molecule has 3 nitrogen and oxygen atoms in total. The van der Waals surface area contributed by atoms with Gasteiger partial charge in [-0.1, -0.05) is 73.1 Å². The molecule has 2 rings (SSSR count). The number of benzene rings is 2. The summed E-state index contributed by atoms with van der Waals surface area (Å²) in [6.07, 6.45) is -1.29. The number of aliphatic hydroxyl groups excluding tert-OH is 1. The Hall–Kier alpha value is -1.36. The van der Waals surface area contributed by atoms with Gasteiger partial charge in [0, 0.05) is 5.75 Å². The Morgan fingerprint density at radius 1 is 1.05 bits per heavy atom. The summed E-state index contributed by atoms with van der Waals surface area (Å²) in [6.45, 7) is 2.85. The Balaban J connectivity index is 2.31. The molecule has 0 aliphatic carbocycles. The highest BCUT2D eigenvalue weighted by Gasteiger charge is 2.43. The molecule has 1 N–H and O–H groups in total. The van der Waals surface area contributed by atoms with E-state index >= 15 is 0 Å². The maximum atomic E-state index is 12.0. The molecule has 2 atom stereocenters. The maximum absolute atomic E-state index is 12.0. The van der Waals surface area contributed by atoms with Crippen LogP contribution < -0.4 is 0 Å². The zero-order valence-electron chi connectivity index (χ0n) is 12.5. The smallest absolute Gasteiger partial charge is 0.172 e. The fourth-order valence-corrected chi connectivity index (χ4v) is 3.73. The number of rotatable bonds is 5. The van der Waals surface area contributed by atoms with Gasteiger partial charge in [-0.15, -0.1) is 0 Å². The predicted molar refractivity (Wildman–Crippen MR) is 90.6 cm³/mol. The molecule has 22 heavy (non-hydrogen) atoms. The zero-order chi connectivity index (χ0) is 16.4. The van der Waals surface area contributed by atoms with Crippen LogP contribution in [-0.4, -0.2) is 23.5 Å². The summed E-state index contributed by atoms with van der Waals surface area (Å²) in [6, 6.07) is 16.9. The first-order valence-electron chi connectivity index (χ1n) is 7.04. The van der Waals surface area contributed by atoms with Gasteiger partial charge in [-0.3, -0.25) is 0 Å². The van der Waals surface area contributed by atoms with Crippen molar-refractivity contribution in [2.24, 2.45) is 0 Å². The van der Waals surface area contributed by atoms with Gasteiger partial charge in [-0.05, 0) is 23.6 Å². The molecular formula is C17H19ClO3S. The van der Waals surface area contributed by atoms with Gasteiger partial charge >= 0.3 is 0 Å². The van der Waals surface area contributed by atoms with Crippen LogP contribution in [0.4, 0.5) is 0 Å². The fraction of sp³-hybridized carbons (Fsp3) is 0.294. The number of hydrogen-bond donors (Lipinski definition) is 1. The van der Waals surface area contributed by atoms with Gasteiger partial charge < -0.3 is 5.11 Å². The normalized spacial score (nSPS) is 16.0. The van der Waals surface area contributed by atoms with Crippen LogP contribution in [0, 0.1) is 0 Å². The standard InChI is InChI=1S/C17H19ClO3S/c1-3-22(20,21)17(2,18)16(19)15-11-9-14(10-12-15)13-7-5-4-6-8-13/h4-12,16,19H,3H2,1-2H3/t16-,17+/m1/s1. The Kier molecular flexibility index (Phi) is 4.95. The van der Waals surface area contributed by atoms with E-state index in [9.17, 15) is 13.5 Å². The molecule has 0 spiro atoms. The Morgan fingerprint density at radius 2 is 1.55 bits per heavy atom. The molecule has 0 heterocycles. The van der Waals surface area contributed by atoms with E-state index in [0.29, 0.717) is 5.56 Å². The van der Waals surface area contributed by atoms with E-state index in [1.165, 1.54) is 13.8 Å². The Bertz CT molecular complexity index is 722. The van der Waals surface area contributed by atoms with E-state index in [2.05, 4.69) is 0 Å². The minimum absolute atomic E-state index is 0.119. The zero-order valence-corrected chi connectivity index (χ0v) is 14.1. The first-order chi connectivity index (χ1) is 10.3.